The molecule has 0 bridgehead atoms. The van der Waals surface area contributed by atoms with Gasteiger partial charge in [0.25, 0.3) is 5.91 Å². The molecule has 1 N–H and O–H groups in total. The summed E-state index contributed by atoms with van der Waals surface area (Å²) in [4.78, 5) is 12.7. The van der Waals surface area contributed by atoms with Crippen LogP contribution >= 0.6 is 0 Å². The Morgan fingerprint density at radius 3 is 2.73 bits per heavy atom. The largest absolute Gasteiger partial charge is 0.486 e. The molecule has 7 heteroatoms. The van der Waals surface area contributed by atoms with Gasteiger partial charge >= 0.3 is 0 Å². The van der Waals surface area contributed by atoms with Gasteiger partial charge in [-0.15, -0.1) is 0 Å². The molecule has 3 heterocycles. The van der Waals surface area contributed by atoms with Crippen LogP contribution in [0.3, 0.4) is 0 Å². The van der Waals surface area contributed by atoms with E-state index in [-0.39, 0.29) is 5.57 Å². The molecule has 0 fully saturated rings. The van der Waals surface area contributed by atoms with Crippen LogP contribution in [0.25, 0.3) is 6.08 Å². The Morgan fingerprint density at radius 1 is 1.20 bits per heavy atom. The number of ether oxygens (including phenoxy) is 2. The SMILES string of the molecule is Cc1cc(/C=C(\C#N)C(=O)Nc2ccc3c(c2)OCCO3)c(C)n1Cc1ccco1. The highest BCUT2D eigenvalue weighted by molar-refractivity contribution is 6.09. The second-order valence-electron chi connectivity index (χ2n) is 6.97. The zero-order valence-corrected chi connectivity index (χ0v) is 16.8. The fourth-order valence-corrected chi connectivity index (χ4v) is 3.40. The van der Waals surface area contributed by atoms with E-state index < -0.39 is 5.91 Å². The second kappa shape index (κ2) is 8.21. The van der Waals surface area contributed by atoms with E-state index in [4.69, 9.17) is 13.9 Å². The first-order valence-corrected chi connectivity index (χ1v) is 9.57. The lowest BCUT2D eigenvalue weighted by Gasteiger charge is -2.18. The Hall–Kier alpha value is -3.92. The molecule has 0 spiro atoms. The van der Waals surface area contributed by atoms with Crippen LogP contribution in [0.2, 0.25) is 0 Å². The average molecular weight is 403 g/mol. The summed E-state index contributed by atoms with van der Waals surface area (Å²) in [6.45, 7) is 5.48. The van der Waals surface area contributed by atoms with E-state index in [1.165, 1.54) is 0 Å². The molecular weight excluding hydrogens is 382 g/mol. The van der Waals surface area contributed by atoms with Crippen molar-refractivity contribution in [2.45, 2.75) is 20.4 Å². The molecule has 1 aromatic carbocycles. The molecule has 4 rings (SSSR count). The molecule has 2 aromatic heterocycles. The van der Waals surface area contributed by atoms with E-state index in [1.807, 2.05) is 38.1 Å². The molecule has 152 valence electrons. The number of carbonyl (C=O) groups is 1. The van der Waals surface area contributed by atoms with Crippen LogP contribution in [-0.2, 0) is 11.3 Å². The van der Waals surface area contributed by atoms with E-state index in [2.05, 4.69) is 9.88 Å². The highest BCUT2D eigenvalue weighted by Crippen LogP contribution is 2.32. The Balaban J connectivity index is 1.55. The Labute approximate surface area is 174 Å². The van der Waals surface area contributed by atoms with E-state index >= 15 is 0 Å². The maximum atomic E-state index is 12.7. The number of amides is 1. The summed E-state index contributed by atoms with van der Waals surface area (Å²) >= 11 is 0. The first kappa shape index (κ1) is 19.4. The van der Waals surface area contributed by atoms with Crippen LogP contribution in [0.1, 0.15) is 22.7 Å². The Bertz CT molecular complexity index is 1150. The maximum Gasteiger partial charge on any atom is 0.266 e. The molecule has 0 saturated heterocycles. The number of nitrogens with one attached hydrogen (secondary N) is 1. The van der Waals surface area contributed by atoms with Gasteiger partial charge in [-0.2, -0.15) is 5.26 Å². The fourth-order valence-electron chi connectivity index (χ4n) is 3.40. The van der Waals surface area contributed by atoms with Gasteiger partial charge < -0.3 is 23.8 Å². The molecule has 0 radical (unpaired) electrons. The molecule has 3 aromatic rings. The van der Waals surface area contributed by atoms with Gasteiger partial charge in [0, 0.05) is 23.1 Å². The van der Waals surface area contributed by atoms with Crippen LogP contribution in [0.4, 0.5) is 5.69 Å². The lowest BCUT2D eigenvalue weighted by Crippen LogP contribution is -2.17. The third-order valence-electron chi connectivity index (χ3n) is 4.97. The van der Waals surface area contributed by atoms with E-state index in [0.29, 0.717) is 36.9 Å². The van der Waals surface area contributed by atoms with Crippen molar-refractivity contribution < 1.29 is 18.7 Å². The molecule has 0 atom stereocenters. The van der Waals surface area contributed by atoms with Crippen molar-refractivity contribution in [1.29, 1.82) is 5.26 Å². The van der Waals surface area contributed by atoms with Crippen molar-refractivity contribution in [2.75, 3.05) is 18.5 Å². The third-order valence-corrected chi connectivity index (χ3v) is 4.97. The summed E-state index contributed by atoms with van der Waals surface area (Å²) in [6.07, 6.45) is 3.24. The zero-order valence-electron chi connectivity index (χ0n) is 16.8. The zero-order chi connectivity index (χ0) is 21.1. The lowest BCUT2D eigenvalue weighted by molar-refractivity contribution is -0.112. The van der Waals surface area contributed by atoms with E-state index in [1.54, 1.807) is 30.5 Å². The molecule has 0 unspecified atom stereocenters. The Kier molecular flexibility index (Phi) is 5.31. The first-order chi connectivity index (χ1) is 14.5. The smallest absolute Gasteiger partial charge is 0.266 e. The number of aromatic nitrogens is 1. The minimum Gasteiger partial charge on any atom is -0.486 e. The van der Waals surface area contributed by atoms with Gasteiger partial charge in [0.1, 0.15) is 30.6 Å². The van der Waals surface area contributed by atoms with Crippen molar-refractivity contribution in [3.63, 3.8) is 0 Å². The predicted octanol–water partition coefficient (Wildman–Crippen LogP) is 4.06. The average Bonchev–Trinajstić information content (AvgIpc) is 3.35. The minimum atomic E-state index is -0.481. The number of anilines is 1. The van der Waals surface area contributed by atoms with Gasteiger partial charge in [-0.1, -0.05) is 0 Å². The molecule has 1 aliphatic heterocycles. The van der Waals surface area contributed by atoms with Crippen LogP contribution in [-0.4, -0.2) is 23.7 Å². The van der Waals surface area contributed by atoms with Gasteiger partial charge in [-0.25, -0.2) is 0 Å². The second-order valence-corrected chi connectivity index (χ2v) is 6.97. The number of nitrogens with zero attached hydrogens (tertiary/aromatic N) is 2. The van der Waals surface area contributed by atoms with Gasteiger partial charge in [0.05, 0.1) is 12.8 Å². The van der Waals surface area contributed by atoms with Gasteiger partial charge in [-0.3, -0.25) is 4.79 Å². The highest BCUT2D eigenvalue weighted by atomic mass is 16.6. The fraction of sp³-hybridized carbons (Fsp3) is 0.217. The van der Waals surface area contributed by atoms with Crippen LogP contribution in [0.15, 0.2) is 52.7 Å². The molecule has 0 saturated carbocycles. The van der Waals surface area contributed by atoms with E-state index in [9.17, 15) is 10.1 Å². The summed E-state index contributed by atoms with van der Waals surface area (Å²) in [5, 5.41) is 12.3. The quantitative estimate of drug-likeness (QED) is 0.512. The van der Waals surface area contributed by atoms with Gasteiger partial charge in [0.15, 0.2) is 11.5 Å². The minimum absolute atomic E-state index is 0.0168. The van der Waals surface area contributed by atoms with Crippen LogP contribution in [0, 0.1) is 25.2 Å². The summed E-state index contributed by atoms with van der Waals surface area (Å²) in [5.41, 5.74) is 3.33. The Morgan fingerprint density at radius 2 is 2.00 bits per heavy atom. The predicted molar refractivity (Wildman–Crippen MR) is 111 cm³/mol. The number of hydrogen-bond acceptors (Lipinski definition) is 5. The van der Waals surface area contributed by atoms with Crippen LogP contribution in [0.5, 0.6) is 11.5 Å². The van der Waals surface area contributed by atoms with Crippen molar-refractivity contribution in [3.8, 4) is 17.6 Å². The number of rotatable bonds is 5. The van der Waals surface area contributed by atoms with Crippen molar-refractivity contribution in [1.82, 2.24) is 4.57 Å². The monoisotopic (exact) mass is 403 g/mol. The van der Waals surface area contributed by atoms with E-state index in [0.717, 1.165) is 22.7 Å². The number of furan rings is 1. The molecule has 0 aliphatic carbocycles. The number of aryl methyl sites for hydroxylation is 1. The summed E-state index contributed by atoms with van der Waals surface area (Å²) in [6, 6.07) is 12.9. The lowest BCUT2D eigenvalue weighted by atomic mass is 10.1. The van der Waals surface area contributed by atoms with Crippen LogP contribution < -0.4 is 14.8 Å². The van der Waals surface area contributed by atoms with Gasteiger partial charge in [0.2, 0.25) is 0 Å². The first-order valence-electron chi connectivity index (χ1n) is 9.57. The topological polar surface area (TPSA) is 89.4 Å². The number of nitriles is 1. The number of hydrogen-bond donors (Lipinski definition) is 1. The summed E-state index contributed by atoms with van der Waals surface area (Å²) in [5.74, 6) is 1.57. The molecular formula is C23H21N3O4. The van der Waals surface area contributed by atoms with Gasteiger partial charge in [-0.05, 0) is 55.8 Å². The third kappa shape index (κ3) is 3.94. The van der Waals surface area contributed by atoms with Crippen molar-refractivity contribution >= 4 is 17.7 Å². The number of benzene rings is 1. The standard InChI is InChI=1S/C23H21N3O4/c1-15-10-17(16(2)26(15)14-20-4-3-7-28-20)11-18(13-24)23(27)25-19-5-6-21-22(12-19)30-9-8-29-21/h3-7,10-12H,8-9,14H2,1-2H3,(H,25,27)/b18-11+. The number of carbonyl (C=O) groups excluding carboxylic acids is 1. The summed E-state index contributed by atoms with van der Waals surface area (Å²) in [7, 11) is 0. The van der Waals surface area contributed by atoms with Crippen molar-refractivity contribution in [2.24, 2.45) is 0 Å². The summed E-state index contributed by atoms with van der Waals surface area (Å²) < 4.78 is 18.5. The normalized spacial score (nSPS) is 13.0. The highest BCUT2D eigenvalue weighted by Gasteiger charge is 2.16. The molecule has 1 aliphatic rings. The number of fused-ring (bicyclic) bond motifs is 1. The molecule has 30 heavy (non-hydrogen) atoms. The van der Waals surface area contributed by atoms with Crippen molar-refractivity contribution in [3.05, 3.63) is 70.9 Å². The maximum absolute atomic E-state index is 12.7. The molecule has 1 amide bonds. The molecule has 7 nitrogen and oxygen atoms in total.